The quantitative estimate of drug-likeness (QED) is 0.757. The molecule has 1 aliphatic heterocycles. The summed E-state index contributed by atoms with van der Waals surface area (Å²) in [5, 5.41) is 1.10. The SMILES string of the molecule is CC1CCN(c2ncc3ccccc3n2)CC1Br. The van der Waals surface area contributed by atoms with Gasteiger partial charge in [-0.2, -0.15) is 0 Å². The Morgan fingerprint density at radius 1 is 1.33 bits per heavy atom. The van der Waals surface area contributed by atoms with Gasteiger partial charge in [-0.25, -0.2) is 9.97 Å². The van der Waals surface area contributed by atoms with E-state index in [0.717, 1.165) is 35.9 Å². The number of halogens is 1. The predicted octanol–water partition coefficient (Wildman–Crippen LogP) is 3.24. The van der Waals surface area contributed by atoms with Crippen molar-refractivity contribution in [3.8, 4) is 0 Å². The number of anilines is 1. The Kier molecular flexibility index (Phi) is 3.20. The molecule has 1 aromatic heterocycles. The smallest absolute Gasteiger partial charge is 0.225 e. The van der Waals surface area contributed by atoms with Gasteiger partial charge in [0.25, 0.3) is 0 Å². The molecule has 3 nitrogen and oxygen atoms in total. The second-order valence-corrected chi connectivity index (χ2v) is 6.13. The average molecular weight is 306 g/mol. The molecular formula is C14H16BrN3. The lowest BCUT2D eigenvalue weighted by Gasteiger charge is -2.34. The monoisotopic (exact) mass is 305 g/mol. The molecule has 2 heterocycles. The number of nitrogens with zero attached hydrogens (tertiary/aromatic N) is 3. The van der Waals surface area contributed by atoms with E-state index >= 15 is 0 Å². The lowest BCUT2D eigenvalue weighted by molar-refractivity contribution is 0.452. The molecule has 0 N–H and O–H groups in total. The lowest BCUT2D eigenvalue weighted by atomic mass is 9.99. The second kappa shape index (κ2) is 4.84. The summed E-state index contributed by atoms with van der Waals surface area (Å²) >= 11 is 3.74. The number of aromatic nitrogens is 2. The summed E-state index contributed by atoms with van der Waals surface area (Å²) in [6, 6.07) is 8.12. The summed E-state index contributed by atoms with van der Waals surface area (Å²) in [6.45, 7) is 4.32. The molecule has 1 aliphatic rings. The van der Waals surface area contributed by atoms with E-state index in [1.807, 2.05) is 30.5 Å². The van der Waals surface area contributed by atoms with Crippen LogP contribution in [0.5, 0.6) is 0 Å². The van der Waals surface area contributed by atoms with Gasteiger partial charge in [0.05, 0.1) is 5.52 Å². The second-order valence-electron chi connectivity index (χ2n) is 4.96. The van der Waals surface area contributed by atoms with Gasteiger partial charge in [-0.15, -0.1) is 0 Å². The molecule has 1 aromatic carbocycles. The maximum absolute atomic E-state index is 4.65. The Labute approximate surface area is 115 Å². The minimum Gasteiger partial charge on any atom is -0.340 e. The fourth-order valence-electron chi connectivity index (χ4n) is 2.32. The van der Waals surface area contributed by atoms with Crippen LogP contribution in [0.1, 0.15) is 13.3 Å². The molecule has 0 saturated carbocycles. The molecule has 2 unspecified atom stereocenters. The van der Waals surface area contributed by atoms with E-state index in [1.165, 1.54) is 6.42 Å². The Bertz CT molecular complexity index is 557. The molecule has 18 heavy (non-hydrogen) atoms. The molecule has 0 aliphatic carbocycles. The Morgan fingerprint density at radius 2 is 2.17 bits per heavy atom. The highest BCUT2D eigenvalue weighted by atomic mass is 79.9. The number of rotatable bonds is 1. The molecule has 3 rings (SSSR count). The van der Waals surface area contributed by atoms with Crippen molar-refractivity contribution >= 4 is 32.8 Å². The standard InChI is InChI=1S/C14H16BrN3/c1-10-6-7-18(9-12(10)15)14-16-8-11-4-2-3-5-13(11)17-14/h2-5,8,10,12H,6-7,9H2,1H3. The largest absolute Gasteiger partial charge is 0.340 e. The predicted molar refractivity (Wildman–Crippen MR) is 78.2 cm³/mol. The third-order valence-electron chi connectivity index (χ3n) is 3.63. The summed E-state index contributed by atoms with van der Waals surface area (Å²) in [5.41, 5.74) is 1.02. The molecule has 94 valence electrons. The Hall–Kier alpha value is -1.16. The minimum absolute atomic E-state index is 0.529. The highest BCUT2D eigenvalue weighted by Gasteiger charge is 2.25. The number of fused-ring (bicyclic) bond motifs is 1. The zero-order chi connectivity index (χ0) is 12.5. The number of hydrogen-bond donors (Lipinski definition) is 0. The van der Waals surface area contributed by atoms with Crippen LogP contribution in [0.3, 0.4) is 0 Å². The fraction of sp³-hybridized carbons (Fsp3) is 0.429. The minimum atomic E-state index is 0.529. The van der Waals surface area contributed by atoms with Gasteiger partial charge in [-0.05, 0) is 18.4 Å². The average Bonchev–Trinajstić information content (AvgIpc) is 2.41. The van der Waals surface area contributed by atoms with E-state index in [1.54, 1.807) is 0 Å². The van der Waals surface area contributed by atoms with Crippen molar-refractivity contribution in [3.63, 3.8) is 0 Å². The van der Waals surface area contributed by atoms with E-state index < -0.39 is 0 Å². The molecule has 0 bridgehead atoms. The first-order valence-corrected chi connectivity index (χ1v) is 7.26. The molecule has 4 heteroatoms. The van der Waals surface area contributed by atoms with Crippen LogP contribution in [0, 0.1) is 5.92 Å². The van der Waals surface area contributed by atoms with Crippen molar-refractivity contribution in [2.75, 3.05) is 18.0 Å². The zero-order valence-electron chi connectivity index (χ0n) is 10.4. The van der Waals surface area contributed by atoms with E-state index in [4.69, 9.17) is 0 Å². The van der Waals surface area contributed by atoms with E-state index in [-0.39, 0.29) is 0 Å². The molecule has 1 saturated heterocycles. The zero-order valence-corrected chi connectivity index (χ0v) is 12.0. The highest BCUT2D eigenvalue weighted by molar-refractivity contribution is 9.09. The summed E-state index contributed by atoms with van der Waals surface area (Å²) in [7, 11) is 0. The van der Waals surface area contributed by atoms with Gasteiger partial charge in [0.2, 0.25) is 5.95 Å². The third kappa shape index (κ3) is 2.21. The number of piperidine rings is 1. The lowest BCUT2D eigenvalue weighted by Crippen LogP contribution is -2.41. The first-order chi connectivity index (χ1) is 8.74. The topological polar surface area (TPSA) is 29.0 Å². The van der Waals surface area contributed by atoms with Crippen molar-refractivity contribution in [3.05, 3.63) is 30.5 Å². The summed E-state index contributed by atoms with van der Waals surface area (Å²) in [5.74, 6) is 1.58. The van der Waals surface area contributed by atoms with Gasteiger partial charge < -0.3 is 4.90 Å². The van der Waals surface area contributed by atoms with Crippen molar-refractivity contribution in [1.82, 2.24) is 9.97 Å². The third-order valence-corrected chi connectivity index (χ3v) is 4.82. The molecule has 0 spiro atoms. The maximum atomic E-state index is 4.65. The first kappa shape index (κ1) is 11.9. The number of para-hydroxylation sites is 1. The van der Waals surface area contributed by atoms with Crippen LogP contribution in [0.4, 0.5) is 5.95 Å². The van der Waals surface area contributed by atoms with Crippen LogP contribution in [0.15, 0.2) is 30.5 Å². The Morgan fingerprint density at radius 3 is 3.00 bits per heavy atom. The number of benzene rings is 1. The normalized spacial score (nSPS) is 24.4. The molecule has 0 amide bonds. The van der Waals surface area contributed by atoms with Gasteiger partial charge in [0.15, 0.2) is 0 Å². The van der Waals surface area contributed by atoms with Gasteiger partial charge in [-0.1, -0.05) is 41.1 Å². The van der Waals surface area contributed by atoms with Crippen LogP contribution >= 0.6 is 15.9 Å². The van der Waals surface area contributed by atoms with Crippen LogP contribution in [0.2, 0.25) is 0 Å². The first-order valence-electron chi connectivity index (χ1n) is 6.35. The molecular weight excluding hydrogens is 290 g/mol. The molecule has 1 fully saturated rings. The molecule has 0 radical (unpaired) electrons. The van der Waals surface area contributed by atoms with Gasteiger partial charge in [0, 0.05) is 29.5 Å². The Balaban J connectivity index is 1.90. The van der Waals surface area contributed by atoms with Crippen LogP contribution in [-0.4, -0.2) is 27.9 Å². The summed E-state index contributed by atoms with van der Waals surface area (Å²) in [4.78, 5) is 11.9. The molecule has 2 aromatic rings. The number of alkyl halides is 1. The van der Waals surface area contributed by atoms with Gasteiger partial charge >= 0.3 is 0 Å². The fourth-order valence-corrected chi connectivity index (χ4v) is 2.93. The van der Waals surface area contributed by atoms with Crippen molar-refractivity contribution in [2.24, 2.45) is 5.92 Å². The summed E-state index contributed by atoms with van der Waals surface area (Å²) in [6.07, 6.45) is 3.10. The maximum Gasteiger partial charge on any atom is 0.225 e. The van der Waals surface area contributed by atoms with Crippen molar-refractivity contribution < 1.29 is 0 Å². The molecule has 2 atom stereocenters. The van der Waals surface area contributed by atoms with Crippen molar-refractivity contribution in [2.45, 2.75) is 18.2 Å². The van der Waals surface area contributed by atoms with Gasteiger partial charge in [-0.3, -0.25) is 0 Å². The van der Waals surface area contributed by atoms with E-state index in [0.29, 0.717) is 4.83 Å². The van der Waals surface area contributed by atoms with Crippen molar-refractivity contribution in [1.29, 1.82) is 0 Å². The van der Waals surface area contributed by atoms with Crippen LogP contribution in [0.25, 0.3) is 10.9 Å². The van der Waals surface area contributed by atoms with Crippen LogP contribution in [-0.2, 0) is 0 Å². The van der Waals surface area contributed by atoms with E-state index in [2.05, 4.69) is 37.7 Å². The highest BCUT2D eigenvalue weighted by Crippen LogP contribution is 2.26. The summed E-state index contributed by atoms with van der Waals surface area (Å²) < 4.78 is 0. The van der Waals surface area contributed by atoms with Gasteiger partial charge in [0.1, 0.15) is 0 Å². The van der Waals surface area contributed by atoms with E-state index in [9.17, 15) is 0 Å². The number of hydrogen-bond acceptors (Lipinski definition) is 3. The van der Waals surface area contributed by atoms with Crippen LogP contribution < -0.4 is 4.90 Å².